The molecule has 0 unspecified atom stereocenters. The van der Waals surface area contributed by atoms with Gasteiger partial charge in [-0.2, -0.15) is 4.98 Å². The van der Waals surface area contributed by atoms with Crippen LogP contribution in [0.3, 0.4) is 0 Å². The highest BCUT2D eigenvalue weighted by Gasteiger charge is 2.25. The van der Waals surface area contributed by atoms with Crippen LogP contribution in [0.1, 0.15) is 86.7 Å². The summed E-state index contributed by atoms with van der Waals surface area (Å²) < 4.78 is 5.17. The summed E-state index contributed by atoms with van der Waals surface area (Å²) in [6.07, 6.45) is 3.58. The summed E-state index contributed by atoms with van der Waals surface area (Å²) in [6.45, 7) is 14.1. The fourth-order valence-electron chi connectivity index (χ4n) is 3.79. The average molecular weight is 500 g/mol. The van der Waals surface area contributed by atoms with Crippen molar-refractivity contribution in [2.45, 2.75) is 65.8 Å². The third-order valence-corrected chi connectivity index (χ3v) is 6.02. The average Bonchev–Trinajstić information content (AvgIpc) is 3.36. The van der Waals surface area contributed by atoms with Crippen molar-refractivity contribution >= 4 is 17.7 Å². The van der Waals surface area contributed by atoms with Crippen LogP contribution in [0.4, 0.5) is 11.8 Å². The summed E-state index contributed by atoms with van der Waals surface area (Å²) in [5.74, 6) is 1.63. The fourth-order valence-corrected chi connectivity index (χ4v) is 3.79. The van der Waals surface area contributed by atoms with E-state index in [0.29, 0.717) is 23.5 Å². The summed E-state index contributed by atoms with van der Waals surface area (Å²) >= 11 is 0. The topological polar surface area (TPSA) is 119 Å². The van der Waals surface area contributed by atoms with Crippen molar-refractivity contribution in [2.24, 2.45) is 0 Å². The molecular weight excluding hydrogens is 466 g/mol. The first-order valence-corrected chi connectivity index (χ1v) is 12.3. The predicted octanol–water partition coefficient (Wildman–Crippen LogP) is 5.89. The summed E-state index contributed by atoms with van der Waals surface area (Å²) in [6, 6.07) is 11.6. The summed E-state index contributed by atoms with van der Waals surface area (Å²) in [5.41, 5.74) is 4.60. The Morgan fingerprint density at radius 3 is 2.41 bits per heavy atom. The predicted molar refractivity (Wildman–Crippen MR) is 143 cm³/mol. The first-order chi connectivity index (χ1) is 17.5. The van der Waals surface area contributed by atoms with Gasteiger partial charge in [0.1, 0.15) is 5.82 Å². The zero-order valence-corrected chi connectivity index (χ0v) is 22.3. The van der Waals surface area contributed by atoms with Gasteiger partial charge in [0.15, 0.2) is 5.82 Å². The van der Waals surface area contributed by atoms with Crippen molar-refractivity contribution in [3.63, 3.8) is 0 Å². The standard InChI is InChI=1S/C28H33N7O2/c1-16(2)20-9-11-23(30-15-20)33-27-29-13-12-22(32-27)19-8-10-21(17(3)14-19)18(4)31-24(36)25-34-26(35-37-25)28(5,6)7/h8-16,18H,1-7H3,(H,31,36)(H,29,30,32,33)/t18-/m1/s1. The van der Waals surface area contributed by atoms with Gasteiger partial charge in [0.25, 0.3) is 0 Å². The fraction of sp³-hybridized carbons (Fsp3) is 0.357. The van der Waals surface area contributed by atoms with Gasteiger partial charge in [0.05, 0.1) is 11.7 Å². The highest BCUT2D eigenvalue weighted by Crippen LogP contribution is 2.26. The molecule has 1 aromatic carbocycles. The molecule has 192 valence electrons. The van der Waals surface area contributed by atoms with Gasteiger partial charge in [-0.1, -0.05) is 58.0 Å². The summed E-state index contributed by atoms with van der Waals surface area (Å²) in [7, 11) is 0. The van der Waals surface area contributed by atoms with Crippen LogP contribution in [0.25, 0.3) is 11.3 Å². The molecule has 9 nitrogen and oxygen atoms in total. The molecule has 0 radical (unpaired) electrons. The zero-order valence-electron chi connectivity index (χ0n) is 22.3. The number of nitrogens with one attached hydrogen (secondary N) is 2. The molecule has 1 atom stereocenters. The maximum Gasteiger partial charge on any atom is 0.315 e. The van der Waals surface area contributed by atoms with Crippen LogP contribution in [0.15, 0.2) is 53.3 Å². The minimum absolute atomic E-state index is 0.0413. The minimum Gasteiger partial charge on any atom is -0.341 e. The van der Waals surface area contributed by atoms with Gasteiger partial charge in [-0.15, -0.1) is 0 Å². The molecule has 0 fully saturated rings. The molecule has 4 aromatic rings. The number of pyridine rings is 1. The second kappa shape index (κ2) is 10.5. The van der Waals surface area contributed by atoms with Crippen LogP contribution in [0, 0.1) is 6.92 Å². The van der Waals surface area contributed by atoms with Crippen LogP contribution in [-0.2, 0) is 5.41 Å². The smallest absolute Gasteiger partial charge is 0.315 e. The van der Waals surface area contributed by atoms with Gasteiger partial charge in [0.2, 0.25) is 5.95 Å². The first kappa shape index (κ1) is 25.9. The molecule has 37 heavy (non-hydrogen) atoms. The second-order valence-corrected chi connectivity index (χ2v) is 10.5. The Morgan fingerprint density at radius 2 is 1.78 bits per heavy atom. The Kier molecular flexibility index (Phi) is 7.33. The molecular formula is C28H33N7O2. The van der Waals surface area contributed by atoms with Crippen LogP contribution < -0.4 is 10.6 Å². The second-order valence-electron chi connectivity index (χ2n) is 10.5. The van der Waals surface area contributed by atoms with E-state index in [1.54, 1.807) is 6.20 Å². The Balaban J connectivity index is 1.46. The Bertz CT molecular complexity index is 1390. The molecule has 0 saturated heterocycles. The van der Waals surface area contributed by atoms with Gasteiger partial charge in [-0.05, 0) is 54.7 Å². The van der Waals surface area contributed by atoms with E-state index in [2.05, 4.69) is 49.6 Å². The SMILES string of the molecule is Cc1cc(-c2ccnc(Nc3ccc(C(C)C)cn3)n2)ccc1[C@@H](C)NC(=O)c1nc(C(C)(C)C)no1. The number of rotatable bonds is 7. The molecule has 2 N–H and O–H groups in total. The largest absolute Gasteiger partial charge is 0.341 e. The molecule has 0 aliphatic heterocycles. The van der Waals surface area contributed by atoms with Gasteiger partial charge < -0.3 is 15.2 Å². The molecule has 0 saturated carbocycles. The number of benzene rings is 1. The minimum atomic E-state index is -0.402. The lowest BCUT2D eigenvalue weighted by Gasteiger charge is -2.16. The van der Waals surface area contributed by atoms with Crippen LogP contribution >= 0.6 is 0 Å². The number of hydrogen-bond donors (Lipinski definition) is 2. The molecule has 9 heteroatoms. The van der Waals surface area contributed by atoms with Crippen molar-refractivity contribution in [1.82, 2.24) is 30.4 Å². The van der Waals surface area contributed by atoms with Gasteiger partial charge in [-0.3, -0.25) is 4.79 Å². The van der Waals surface area contributed by atoms with Crippen molar-refractivity contribution in [3.8, 4) is 11.3 Å². The van der Waals surface area contributed by atoms with E-state index < -0.39 is 5.91 Å². The number of nitrogens with zero attached hydrogens (tertiary/aromatic N) is 5. The van der Waals surface area contributed by atoms with E-state index >= 15 is 0 Å². The van der Waals surface area contributed by atoms with Crippen molar-refractivity contribution in [2.75, 3.05) is 5.32 Å². The van der Waals surface area contributed by atoms with E-state index in [9.17, 15) is 4.79 Å². The number of amides is 1. The molecule has 0 aliphatic carbocycles. The van der Waals surface area contributed by atoms with Gasteiger partial charge in [0, 0.05) is 23.4 Å². The van der Waals surface area contributed by atoms with E-state index in [-0.39, 0.29) is 17.3 Å². The number of aryl methyl sites for hydroxylation is 1. The van der Waals surface area contributed by atoms with E-state index in [1.807, 2.05) is 77.2 Å². The summed E-state index contributed by atoms with van der Waals surface area (Å²) in [4.78, 5) is 30.4. The number of hydrogen-bond acceptors (Lipinski definition) is 8. The number of anilines is 2. The molecule has 3 aromatic heterocycles. The lowest BCUT2D eigenvalue weighted by atomic mass is 9.96. The number of carbonyl (C=O) groups is 1. The normalized spacial score (nSPS) is 12.4. The summed E-state index contributed by atoms with van der Waals surface area (Å²) in [5, 5.41) is 10.0. The van der Waals surface area contributed by atoms with Gasteiger partial charge in [-0.25, -0.2) is 15.0 Å². The highest BCUT2D eigenvalue weighted by molar-refractivity contribution is 5.89. The van der Waals surface area contributed by atoms with E-state index in [0.717, 1.165) is 22.4 Å². The zero-order chi connectivity index (χ0) is 26.7. The third-order valence-electron chi connectivity index (χ3n) is 6.02. The monoisotopic (exact) mass is 499 g/mol. The van der Waals surface area contributed by atoms with Crippen molar-refractivity contribution < 1.29 is 9.32 Å². The van der Waals surface area contributed by atoms with Gasteiger partial charge >= 0.3 is 11.8 Å². The highest BCUT2D eigenvalue weighted by atomic mass is 16.5. The van der Waals surface area contributed by atoms with Crippen molar-refractivity contribution in [3.05, 3.63) is 77.2 Å². The Labute approximate surface area is 217 Å². The van der Waals surface area contributed by atoms with E-state index in [1.165, 1.54) is 5.56 Å². The molecule has 0 spiro atoms. The molecule has 0 bridgehead atoms. The lowest BCUT2D eigenvalue weighted by Crippen LogP contribution is -2.27. The number of aromatic nitrogens is 5. The third kappa shape index (κ3) is 6.17. The molecule has 4 rings (SSSR count). The Hall–Kier alpha value is -4.14. The van der Waals surface area contributed by atoms with Crippen molar-refractivity contribution in [1.29, 1.82) is 0 Å². The van der Waals surface area contributed by atoms with Crippen LogP contribution in [0.5, 0.6) is 0 Å². The maximum absolute atomic E-state index is 12.7. The van der Waals surface area contributed by atoms with Crippen LogP contribution in [0.2, 0.25) is 0 Å². The first-order valence-electron chi connectivity index (χ1n) is 12.3. The molecule has 1 amide bonds. The maximum atomic E-state index is 12.7. The van der Waals surface area contributed by atoms with Crippen LogP contribution in [-0.4, -0.2) is 31.0 Å². The molecule has 0 aliphatic rings. The lowest BCUT2D eigenvalue weighted by molar-refractivity contribution is 0.0895. The number of carbonyl (C=O) groups excluding carboxylic acids is 1. The quantitative estimate of drug-likeness (QED) is 0.323. The molecule has 3 heterocycles. The van der Waals surface area contributed by atoms with E-state index in [4.69, 9.17) is 4.52 Å². The Morgan fingerprint density at radius 1 is 1.00 bits per heavy atom.